The molecule has 0 bridgehead atoms. The largest absolute Gasteiger partial charge is 0.379 e. The number of ether oxygens (including phenoxy) is 1. The minimum Gasteiger partial charge on any atom is -0.379 e. The summed E-state index contributed by atoms with van der Waals surface area (Å²) in [4.78, 5) is 12.2. The van der Waals surface area contributed by atoms with Gasteiger partial charge in [0.15, 0.2) is 5.96 Å². The van der Waals surface area contributed by atoms with Gasteiger partial charge in [-0.05, 0) is 51.1 Å². The van der Waals surface area contributed by atoms with E-state index in [4.69, 9.17) is 21.3 Å². The van der Waals surface area contributed by atoms with Gasteiger partial charge in [-0.15, -0.1) is 0 Å². The van der Waals surface area contributed by atoms with Crippen molar-refractivity contribution in [3.8, 4) is 0 Å². The van der Waals surface area contributed by atoms with Crippen molar-refractivity contribution >= 4 is 17.6 Å². The molecule has 29 heavy (non-hydrogen) atoms. The molecular weight excluding hydrogens is 386 g/mol. The second kappa shape index (κ2) is 11.2. The minimum absolute atomic E-state index is 0.229. The molecule has 0 amide bonds. The maximum atomic E-state index is 6.07. The molecule has 6 nitrogen and oxygen atoms in total. The molecule has 2 saturated heterocycles. The van der Waals surface area contributed by atoms with Gasteiger partial charge in [-0.2, -0.15) is 0 Å². The average molecular weight is 422 g/mol. The normalized spacial score (nSPS) is 22.3. The smallest absolute Gasteiger partial charge is 0.193 e. The minimum atomic E-state index is 0.229. The molecule has 3 rings (SSSR count). The molecule has 2 heterocycles. The lowest BCUT2D eigenvalue weighted by molar-refractivity contribution is 0.0315. The Hall–Kier alpha value is -1.34. The monoisotopic (exact) mass is 421 g/mol. The second-order valence-electron chi connectivity index (χ2n) is 8.24. The highest BCUT2D eigenvalue weighted by atomic mass is 35.5. The van der Waals surface area contributed by atoms with Crippen molar-refractivity contribution in [2.24, 2.45) is 10.9 Å². The van der Waals surface area contributed by atoms with Gasteiger partial charge in [0, 0.05) is 44.3 Å². The van der Waals surface area contributed by atoms with Crippen LogP contribution in [0.1, 0.15) is 24.9 Å². The first kappa shape index (κ1) is 22.3. The first-order valence-electron chi connectivity index (χ1n) is 10.8. The van der Waals surface area contributed by atoms with Crippen molar-refractivity contribution in [1.29, 1.82) is 0 Å². The van der Waals surface area contributed by atoms with Crippen LogP contribution in [0.4, 0.5) is 0 Å². The lowest BCUT2D eigenvalue weighted by Gasteiger charge is -2.29. The Kier molecular flexibility index (Phi) is 8.60. The summed E-state index contributed by atoms with van der Waals surface area (Å²) in [5.74, 6) is 1.75. The summed E-state index contributed by atoms with van der Waals surface area (Å²) in [5, 5.41) is 4.28. The predicted octanol–water partition coefficient (Wildman–Crippen LogP) is 2.56. The van der Waals surface area contributed by atoms with Gasteiger partial charge in [-0.1, -0.05) is 23.7 Å². The zero-order valence-electron chi connectivity index (χ0n) is 18.1. The van der Waals surface area contributed by atoms with Crippen LogP contribution in [0.2, 0.25) is 5.02 Å². The van der Waals surface area contributed by atoms with Crippen LogP contribution in [0, 0.1) is 5.92 Å². The number of rotatable bonds is 7. The number of morpholine rings is 1. The Morgan fingerprint density at radius 1 is 1.24 bits per heavy atom. The van der Waals surface area contributed by atoms with E-state index in [1.165, 1.54) is 18.5 Å². The lowest BCUT2D eigenvalue weighted by atomic mass is 10.1. The third-order valence-electron chi connectivity index (χ3n) is 5.83. The number of nitrogens with zero attached hydrogens (tertiary/aromatic N) is 4. The van der Waals surface area contributed by atoms with Crippen LogP contribution in [0.25, 0.3) is 0 Å². The number of likely N-dealkylation sites (tertiary alicyclic amines) is 1. The molecule has 0 spiro atoms. The Balaban J connectivity index is 1.61. The summed E-state index contributed by atoms with van der Waals surface area (Å²) in [5.41, 5.74) is 1.24. The molecule has 1 N–H and O–H groups in total. The number of hydrogen-bond donors (Lipinski definition) is 1. The number of nitrogens with one attached hydrogen (secondary N) is 1. The van der Waals surface area contributed by atoms with Crippen molar-refractivity contribution in [3.05, 3.63) is 34.9 Å². The molecule has 2 atom stereocenters. The van der Waals surface area contributed by atoms with Crippen LogP contribution in [0.3, 0.4) is 0 Å². The molecule has 0 aromatic heterocycles. The zero-order valence-corrected chi connectivity index (χ0v) is 18.9. The number of likely N-dealkylation sites (N-methyl/N-ethyl adjacent to an activating group) is 1. The van der Waals surface area contributed by atoms with E-state index in [2.05, 4.69) is 53.2 Å². The van der Waals surface area contributed by atoms with Gasteiger partial charge in [0.25, 0.3) is 0 Å². The van der Waals surface area contributed by atoms with E-state index < -0.39 is 0 Å². The van der Waals surface area contributed by atoms with Gasteiger partial charge in [0.05, 0.1) is 25.8 Å². The van der Waals surface area contributed by atoms with Crippen LogP contribution >= 0.6 is 11.6 Å². The average Bonchev–Trinajstić information content (AvgIpc) is 3.17. The summed E-state index contributed by atoms with van der Waals surface area (Å²) in [6.07, 6.45) is 1.23. The Bertz CT molecular complexity index is 645. The molecule has 2 aliphatic rings. The molecule has 162 valence electrons. The number of aliphatic imine (C=N–C) groups is 1. The maximum absolute atomic E-state index is 6.07. The van der Waals surface area contributed by atoms with Crippen LogP contribution in [0.5, 0.6) is 0 Å². The quantitative estimate of drug-likeness (QED) is 0.541. The summed E-state index contributed by atoms with van der Waals surface area (Å²) < 4.78 is 5.48. The summed E-state index contributed by atoms with van der Waals surface area (Å²) >= 11 is 6.07. The fraction of sp³-hybridized carbons (Fsp3) is 0.682. The highest BCUT2D eigenvalue weighted by molar-refractivity contribution is 6.30. The standard InChI is InChI=1S/C22H36ClN5O/c1-4-24-22(25-15-21(26(2)3)19-5-7-20(23)8-6-19)28-10-9-18(17-28)16-27-11-13-29-14-12-27/h5-8,18,21H,4,9-17H2,1-3H3,(H,24,25). The molecular formula is C22H36ClN5O. The van der Waals surface area contributed by atoms with E-state index in [9.17, 15) is 0 Å². The van der Waals surface area contributed by atoms with Gasteiger partial charge in [-0.25, -0.2) is 0 Å². The number of benzene rings is 1. The third kappa shape index (κ3) is 6.57. The van der Waals surface area contributed by atoms with Gasteiger partial charge in [-0.3, -0.25) is 9.89 Å². The van der Waals surface area contributed by atoms with E-state index in [0.717, 1.165) is 63.5 Å². The first-order chi connectivity index (χ1) is 14.1. The Morgan fingerprint density at radius 3 is 2.62 bits per heavy atom. The molecule has 2 fully saturated rings. The van der Waals surface area contributed by atoms with Crippen molar-refractivity contribution in [2.75, 3.05) is 73.1 Å². The van der Waals surface area contributed by atoms with Gasteiger partial charge < -0.3 is 19.9 Å². The first-order valence-corrected chi connectivity index (χ1v) is 11.2. The molecule has 0 aliphatic carbocycles. The van der Waals surface area contributed by atoms with Crippen LogP contribution < -0.4 is 5.32 Å². The molecule has 0 radical (unpaired) electrons. The highest BCUT2D eigenvalue weighted by Gasteiger charge is 2.27. The molecule has 2 unspecified atom stereocenters. The molecule has 1 aromatic rings. The van der Waals surface area contributed by atoms with Crippen molar-refractivity contribution in [1.82, 2.24) is 20.0 Å². The highest BCUT2D eigenvalue weighted by Crippen LogP contribution is 2.22. The molecule has 1 aromatic carbocycles. The van der Waals surface area contributed by atoms with Crippen LogP contribution in [0.15, 0.2) is 29.3 Å². The van der Waals surface area contributed by atoms with E-state index in [1.54, 1.807) is 0 Å². The van der Waals surface area contributed by atoms with E-state index >= 15 is 0 Å². The van der Waals surface area contributed by atoms with Crippen molar-refractivity contribution in [3.63, 3.8) is 0 Å². The lowest BCUT2D eigenvalue weighted by Crippen LogP contribution is -2.42. The molecule has 7 heteroatoms. The summed E-state index contributed by atoms with van der Waals surface area (Å²) in [7, 11) is 4.21. The molecule has 0 saturated carbocycles. The second-order valence-corrected chi connectivity index (χ2v) is 8.68. The van der Waals surface area contributed by atoms with Crippen molar-refractivity contribution < 1.29 is 4.74 Å². The number of hydrogen-bond acceptors (Lipinski definition) is 4. The van der Waals surface area contributed by atoms with Gasteiger partial charge in [0.2, 0.25) is 0 Å². The fourth-order valence-corrected chi connectivity index (χ4v) is 4.30. The number of guanidine groups is 1. The van der Waals surface area contributed by atoms with Gasteiger partial charge >= 0.3 is 0 Å². The maximum Gasteiger partial charge on any atom is 0.193 e. The van der Waals surface area contributed by atoms with E-state index in [1.807, 2.05) is 12.1 Å². The zero-order chi connectivity index (χ0) is 20.6. The fourth-order valence-electron chi connectivity index (χ4n) is 4.17. The van der Waals surface area contributed by atoms with Crippen LogP contribution in [-0.4, -0.2) is 93.8 Å². The van der Waals surface area contributed by atoms with Crippen LogP contribution in [-0.2, 0) is 4.74 Å². The summed E-state index contributed by atoms with van der Waals surface area (Å²) in [6, 6.07) is 8.35. The van der Waals surface area contributed by atoms with Gasteiger partial charge in [0.1, 0.15) is 0 Å². The van der Waals surface area contributed by atoms with E-state index in [-0.39, 0.29) is 6.04 Å². The topological polar surface area (TPSA) is 43.3 Å². The van der Waals surface area contributed by atoms with Crippen molar-refractivity contribution in [2.45, 2.75) is 19.4 Å². The SMILES string of the molecule is CCNC(=NCC(c1ccc(Cl)cc1)N(C)C)N1CCC(CN2CCOCC2)C1. The Labute approximate surface area is 180 Å². The Morgan fingerprint density at radius 2 is 1.97 bits per heavy atom. The molecule has 2 aliphatic heterocycles. The number of halogens is 1. The summed E-state index contributed by atoms with van der Waals surface area (Å²) in [6.45, 7) is 11.0. The third-order valence-corrected chi connectivity index (χ3v) is 6.08. The van der Waals surface area contributed by atoms with E-state index in [0.29, 0.717) is 5.92 Å². The predicted molar refractivity (Wildman–Crippen MR) is 121 cm³/mol.